The number of benzene rings is 4. The molecule has 9 rings (SSSR count). The summed E-state index contributed by atoms with van der Waals surface area (Å²) in [5, 5.41) is 0. The normalized spacial score (nSPS) is 16.2. The summed E-state index contributed by atoms with van der Waals surface area (Å²) < 4.78 is 26.0. The van der Waals surface area contributed by atoms with Gasteiger partial charge < -0.3 is 18.9 Å². The van der Waals surface area contributed by atoms with Gasteiger partial charge >= 0.3 is 0 Å². The first kappa shape index (κ1) is 47.6. The van der Waals surface area contributed by atoms with E-state index in [1.807, 2.05) is 140 Å². The summed E-state index contributed by atoms with van der Waals surface area (Å²) in [5.41, 5.74) is 12.2. The number of hydrogen-bond donors (Lipinski definition) is 0. The van der Waals surface area contributed by atoms with Gasteiger partial charge in [-0.05, 0) is 123 Å². The molecule has 0 aliphatic carbocycles. The Bertz CT molecular complexity index is 3160. The molecule has 8 nitrogen and oxygen atoms in total. The minimum atomic E-state index is 0. The van der Waals surface area contributed by atoms with E-state index in [4.69, 9.17) is 38.9 Å². The first-order valence-corrected chi connectivity index (χ1v) is 23.3. The molecule has 1 radical (unpaired) electrons. The van der Waals surface area contributed by atoms with Gasteiger partial charge in [0.05, 0.1) is 70.7 Å². The molecular weight excluding hydrogens is 904 g/mol. The van der Waals surface area contributed by atoms with Crippen LogP contribution in [0, 0.1) is 0 Å². The zero-order chi connectivity index (χ0) is 46.7. The number of fused-ring (bicyclic) bond motifs is 4. The second-order valence-corrected chi connectivity index (χ2v) is 16.0. The summed E-state index contributed by atoms with van der Waals surface area (Å²) >= 11 is 0. The summed E-state index contributed by atoms with van der Waals surface area (Å²) in [7, 11) is 0. The van der Waals surface area contributed by atoms with Crippen molar-refractivity contribution in [2.75, 3.05) is 0 Å². The van der Waals surface area contributed by atoms with E-state index in [0.717, 1.165) is 93.0 Å². The zero-order valence-electron chi connectivity index (χ0n) is 39.0. The van der Waals surface area contributed by atoms with Crippen molar-refractivity contribution in [3.05, 3.63) is 240 Å². The summed E-state index contributed by atoms with van der Waals surface area (Å²) in [6.07, 6.45) is 34.4. The van der Waals surface area contributed by atoms with Gasteiger partial charge in [0.2, 0.25) is 0 Å². The van der Waals surface area contributed by atoms with Crippen molar-refractivity contribution in [2.24, 2.45) is 20.0 Å². The SMILES string of the molecule is CCC=COc1ccccc1C1=CC2=CC3=NC(=CC4=NC(=CC5=NC(=C(c6ccccc6OC=CCC)C1=N2)C(c1ccccc1OC=CCC)=C5c1ccccc1OC=CCC)C=C4)C=C3.[Cu]. The van der Waals surface area contributed by atoms with Crippen molar-refractivity contribution < 1.29 is 36.0 Å². The van der Waals surface area contributed by atoms with Crippen molar-refractivity contribution in [2.45, 2.75) is 53.4 Å². The summed E-state index contributed by atoms with van der Waals surface area (Å²) in [5.74, 6) is 2.62. The number of hydrogen-bond acceptors (Lipinski definition) is 8. The average Bonchev–Trinajstić information content (AvgIpc) is 4.18. The van der Waals surface area contributed by atoms with Gasteiger partial charge in [-0.25, -0.2) is 20.0 Å². The van der Waals surface area contributed by atoms with E-state index in [9.17, 15) is 0 Å². The van der Waals surface area contributed by atoms with E-state index in [1.165, 1.54) is 0 Å². The fourth-order valence-corrected chi connectivity index (χ4v) is 8.12. The molecule has 0 saturated carbocycles. The van der Waals surface area contributed by atoms with E-state index >= 15 is 0 Å². The van der Waals surface area contributed by atoms with E-state index in [1.54, 1.807) is 25.0 Å². The van der Waals surface area contributed by atoms with Crippen LogP contribution in [0.2, 0.25) is 0 Å². The Balaban J connectivity index is 0.00000642. The molecular formula is C60H52CuN4O4. The molecule has 0 saturated heterocycles. The van der Waals surface area contributed by atoms with Crippen molar-refractivity contribution >= 4 is 45.1 Å². The number of ether oxygens (including phenoxy) is 4. The summed E-state index contributed by atoms with van der Waals surface area (Å²) in [6.45, 7) is 8.33. The molecule has 0 unspecified atom stereocenters. The summed E-state index contributed by atoms with van der Waals surface area (Å²) in [4.78, 5) is 21.5. The van der Waals surface area contributed by atoms with Gasteiger partial charge in [-0.1, -0.05) is 100 Å². The number of aliphatic imine (C=N–C) groups is 4. The van der Waals surface area contributed by atoms with Crippen LogP contribution in [-0.2, 0) is 17.1 Å². The molecule has 0 N–H and O–H groups in total. The molecule has 0 amide bonds. The largest absolute Gasteiger partial charge is 0.465 e. The Hall–Kier alpha value is -7.84. The average molecular weight is 957 g/mol. The van der Waals surface area contributed by atoms with Crippen LogP contribution in [0.4, 0.5) is 0 Å². The van der Waals surface area contributed by atoms with Gasteiger partial charge in [0, 0.05) is 61.6 Å². The third kappa shape index (κ3) is 10.7. The van der Waals surface area contributed by atoms with Crippen molar-refractivity contribution in [3.8, 4) is 23.0 Å². The molecule has 0 atom stereocenters. The van der Waals surface area contributed by atoms with Crippen LogP contribution in [0.25, 0.3) is 22.3 Å². The molecule has 5 aliphatic rings. The molecule has 8 bridgehead atoms. The van der Waals surface area contributed by atoms with E-state index < -0.39 is 0 Å². The molecule has 347 valence electrons. The minimum absolute atomic E-state index is 0. The number of nitrogens with zero attached hydrogens (tertiary/aromatic N) is 4. The van der Waals surface area contributed by atoms with Crippen LogP contribution in [0.1, 0.15) is 75.6 Å². The molecule has 0 spiro atoms. The monoisotopic (exact) mass is 955 g/mol. The van der Waals surface area contributed by atoms with E-state index in [-0.39, 0.29) is 17.1 Å². The van der Waals surface area contributed by atoms with Gasteiger partial charge in [-0.15, -0.1) is 0 Å². The van der Waals surface area contributed by atoms with Crippen molar-refractivity contribution in [3.63, 3.8) is 0 Å². The second-order valence-electron chi connectivity index (χ2n) is 16.0. The third-order valence-corrected chi connectivity index (χ3v) is 11.2. The van der Waals surface area contributed by atoms with Crippen LogP contribution >= 0.6 is 0 Å². The van der Waals surface area contributed by atoms with Crippen LogP contribution in [0.5, 0.6) is 23.0 Å². The quantitative estimate of drug-likeness (QED) is 0.0827. The minimum Gasteiger partial charge on any atom is -0.465 e. The van der Waals surface area contributed by atoms with E-state index in [0.29, 0.717) is 45.8 Å². The molecule has 4 aromatic rings. The maximum Gasteiger partial charge on any atom is 0.134 e. The van der Waals surface area contributed by atoms with Gasteiger partial charge in [0.15, 0.2) is 0 Å². The topological polar surface area (TPSA) is 86.4 Å². The molecule has 69 heavy (non-hydrogen) atoms. The molecule has 0 fully saturated rings. The number of rotatable bonds is 16. The Kier molecular flexibility index (Phi) is 15.7. The third-order valence-electron chi connectivity index (χ3n) is 11.2. The second kappa shape index (κ2) is 22.8. The molecule has 4 aromatic carbocycles. The molecule has 9 heteroatoms. The van der Waals surface area contributed by atoms with Gasteiger partial charge in [0.1, 0.15) is 23.0 Å². The molecule has 5 heterocycles. The van der Waals surface area contributed by atoms with E-state index in [2.05, 4.69) is 58.0 Å². The molecule has 5 aliphatic heterocycles. The fourth-order valence-electron chi connectivity index (χ4n) is 8.12. The van der Waals surface area contributed by atoms with Crippen LogP contribution in [0.3, 0.4) is 0 Å². The Morgan fingerprint density at radius 2 is 0.797 bits per heavy atom. The van der Waals surface area contributed by atoms with Gasteiger partial charge in [-0.2, -0.15) is 0 Å². The summed E-state index contributed by atoms with van der Waals surface area (Å²) in [6, 6.07) is 32.3. The zero-order valence-corrected chi connectivity index (χ0v) is 40.0. The maximum absolute atomic E-state index is 6.57. The van der Waals surface area contributed by atoms with Crippen LogP contribution in [0.15, 0.2) is 238 Å². The van der Waals surface area contributed by atoms with Crippen molar-refractivity contribution in [1.82, 2.24) is 0 Å². The van der Waals surface area contributed by atoms with Crippen LogP contribution in [-0.4, -0.2) is 22.8 Å². The molecule has 0 aromatic heterocycles. The first-order valence-electron chi connectivity index (χ1n) is 23.3. The van der Waals surface area contributed by atoms with Gasteiger partial charge in [0.25, 0.3) is 0 Å². The Morgan fingerprint density at radius 3 is 1.29 bits per heavy atom. The predicted octanol–water partition coefficient (Wildman–Crippen LogP) is 14.9. The number of para-hydroxylation sites is 4. The maximum atomic E-state index is 6.57. The Labute approximate surface area is 415 Å². The van der Waals surface area contributed by atoms with Gasteiger partial charge in [-0.3, -0.25) is 0 Å². The fraction of sp³-hybridized carbons (Fsp3) is 0.133. The first-order chi connectivity index (χ1) is 33.6. The van der Waals surface area contributed by atoms with Crippen LogP contribution < -0.4 is 18.9 Å². The van der Waals surface area contributed by atoms with Crippen molar-refractivity contribution in [1.29, 1.82) is 0 Å². The number of allylic oxidation sites excluding steroid dienone is 16. The smallest absolute Gasteiger partial charge is 0.134 e. The Morgan fingerprint density at radius 1 is 0.391 bits per heavy atom. The standard InChI is InChI=1S/C60H52N4O4.Cu/c1-5-9-33-65-52-25-17-13-21-46(52)50-39-45-38-43-30-29-41(61-43)37-42-31-32-44(62-42)40-51-56(47-22-14-18-26-53(47)66-34-10-6-2)57(48-23-15-19-27-54(48)67-35-11-7-3)60(64-51)58(59(50)63-45)49-24-16-20-28-55(49)68-36-12-8-4;/h9-40H,5-8H2,1-4H3;. The predicted molar refractivity (Wildman–Crippen MR) is 280 cm³/mol.